The first-order valence-corrected chi connectivity index (χ1v) is 6.46. The zero-order valence-corrected chi connectivity index (χ0v) is 11.7. The van der Waals surface area contributed by atoms with E-state index in [0.717, 1.165) is 0 Å². The number of nitrogens with one attached hydrogen (secondary N) is 1. The quantitative estimate of drug-likeness (QED) is 0.614. The van der Waals surface area contributed by atoms with Crippen LogP contribution >= 0.6 is 11.6 Å². The highest BCUT2D eigenvalue weighted by atomic mass is 35.5. The second-order valence-electron chi connectivity index (χ2n) is 4.36. The van der Waals surface area contributed by atoms with Crippen molar-refractivity contribution in [2.24, 2.45) is 0 Å². The molecule has 1 aromatic carbocycles. The van der Waals surface area contributed by atoms with Crippen molar-refractivity contribution in [3.63, 3.8) is 0 Å². The van der Waals surface area contributed by atoms with Crippen molar-refractivity contribution < 1.29 is 22.3 Å². The highest BCUT2D eigenvalue weighted by Crippen LogP contribution is 2.20. The Labute approximate surface area is 120 Å². The van der Waals surface area contributed by atoms with Crippen molar-refractivity contribution >= 4 is 11.6 Å². The van der Waals surface area contributed by atoms with Gasteiger partial charge in [0.25, 0.3) is 0 Å². The van der Waals surface area contributed by atoms with Gasteiger partial charge in [-0.15, -0.1) is 0 Å². The summed E-state index contributed by atoms with van der Waals surface area (Å²) in [6.45, 7) is -1.32. The lowest BCUT2D eigenvalue weighted by Crippen LogP contribution is -2.30. The van der Waals surface area contributed by atoms with Gasteiger partial charge in [0, 0.05) is 12.6 Å². The summed E-state index contributed by atoms with van der Waals surface area (Å²) in [7, 11) is 1.66. The second kappa shape index (κ2) is 7.81. The summed E-state index contributed by atoms with van der Waals surface area (Å²) in [5.74, 6) is -0.495. The predicted octanol–water partition coefficient (Wildman–Crippen LogP) is 3.58. The molecule has 0 aliphatic carbocycles. The van der Waals surface area contributed by atoms with Gasteiger partial charge in [-0.1, -0.05) is 23.7 Å². The predicted molar refractivity (Wildman–Crippen MR) is 69.5 cm³/mol. The molecular weight excluding hydrogens is 298 g/mol. The minimum atomic E-state index is -4.33. The molecule has 0 radical (unpaired) electrons. The first-order chi connectivity index (χ1) is 9.33. The van der Waals surface area contributed by atoms with Gasteiger partial charge in [0.2, 0.25) is 0 Å². The molecule has 0 saturated carbocycles. The molecule has 1 N–H and O–H groups in total. The van der Waals surface area contributed by atoms with E-state index in [4.69, 9.17) is 11.6 Å². The van der Waals surface area contributed by atoms with Gasteiger partial charge >= 0.3 is 6.18 Å². The molecule has 0 aromatic heterocycles. The maximum absolute atomic E-state index is 13.7. The van der Waals surface area contributed by atoms with Crippen LogP contribution in [0.15, 0.2) is 18.2 Å². The van der Waals surface area contributed by atoms with Crippen molar-refractivity contribution in [1.82, 2.24) is 5.32 Å². The van der Waals surface area contributed by atoms with Crippen LogP contribution in [0.3, 0.4) is 0 Å². The number of alkyl halides is 3. The third-order valence-corrected chi connectivity index (χ3v) is 3.07. The van der Waals surface area contributed by atoms with Crippen molar-refractivity contribution in [2.75, 3.05) is 20.3 Å². The summed E-state index contributed by atoms with van der Waals surface area (Å²) in [6.07, 6.45) is -3.65. The maximum atomic E-state index is 13.7. The van der Waals surface area contributed by atoms with Gasteiger partial charge in [0.15, 0.2) is 0 Å². The van der Waals surface area contributed by atoms with Crippen molar-refractivity contribution in [3.8, 4) is 0 Å². The van der Waals surface area contributed by atoms with E-state index in [1.165, 1.54) is 6.07 Å². The molecule has 114 valence electrons. The Morgan fingerprint density at radius 1 is 1.35 bits per heavy atom. The normalized spacial score (nSPS) is 13.5. The number of rotatable bonds is 7. The van der Waals surface area contributed by atoms with Crippen LogP contribution in [0, 0.1) is 5.82 Å². The topological polar surface area (TPSA) is 21.3 Å². The molecule has 2 nitrogen and oxygen atoms in total. The van der Waals surface area contributed by atoms with Crippen LogP contribution in [0.2, 0.25) is 5.02 Å². The highest BCUT2D eigenvalue weighted by Gasteiger charge is 2.27. The minimum Gasteiger partial charge on any atom is -0.372 e. The summed E-state index contributed by atoms with van der Waals surface area (Å²) < 4.78 is 53.9. The van der Waals surface area contributed by atoms with E-state index in [1.807, 2.05) is 0 Å². The van der Waals surface area contributed by atoms with Crippen LogP contribution in [-0.4, -0.2) is 32.5 Å². The van der Waals surface area contributed by atoms with Gasteiger partial charge in [0.1, 0.15) is 12.4 Å². The average Bonchev–Trinajstić information content (AvgIpc) is 2.37. The number of hydrogen-bond donors (Lipinski definition) is 1. The smallest absolute Gasteiger partial charge is 0.372 e. The first-order valence-electron chi connectivity index (χ1n) is 6.08. The first kappa shape index (κ1) is 17.2. The third kappa shape index (κ3) is 6.07. The fourth-order valence-corrected chi connectivity index (χ4v) is 1.93. The monoisotopic (exact) mass is 313 g/mol. The van der Waals surface area contributed by atoms with Crippen LogP contribution < -0.4 is 5.32 Å². The van der Waals surface area contributed by atoms with E-state index < -0.39 is 18.6 Å². The summed E-state index contributed by atoms with van der Waals surface area (Å²) in [6, 6.07) is 4.49. The van der Waals surface area contributed by atoms with Gasteiger partial charge in [-0.05, 0) is 31.5 Å². The van der Waals surface area contributed by atoms with Crippen molar-refractivity contribution in [3.05, 3.63) is 34.6 Å². The minimum absolute atomic E-state index is 0.0330. The summed E-state index contributed by atoms with van der Waals surface area (Å²) in [4.78, 5) is 0. The van der Waals surface area contributed by atoms with E-state index in [9.17, 15) is 17.6 Å². The average molecular weight is 314 g/mol. The maximum Gasteiger partial charge on any atom is 0.411 e. The molecule has 1 aromatic rings. The van der Waals surface area contributed by atoms with Crippen LogP contribution in [0.1, 0.15) is 12.0 Å². The van der Waals surface area contributed by atoms with Gasteiger partial charge in [0.05, 0.1) is 5.02 Å². The molecule has 1 unspecified atom stereocenters. The zero-order chi connectivity index (χ0) is 15.2. The van der Waals surface area contributed by atoms with E-state index >= 15 is 0 Å². The third-order valence-electron chi connectivity index (χ3n) is 2.78. The Morgan fingerprint density at radius 2 is 2.05 bits per heavy atom. The molecule has 0 spiro atoms. The lowest BCUT2D eigenvalue weighted by molar-refractivity contribution is -0.174. The molecule has 20 heavy (non-hydrogen) atoms. The van der Waals surface area contributed by atoms with Crippen LogP contribution in [0.25, 0.3) is 0 Å². The largest absolute Gasteiger partial charge is 0.411 e. The molecule has 1 rings (SSSR count). The zero-order valence-electron chi connectivity index (χ0n) is 10.9. The fraction of sp³-hybridized carbons (Fsp3) is 0.538. The molecule has 0 fully saturated rings. The number of ether oxygens (including phenoxy) is 1. The Bertz CT molecular complexity index is 425. The number of halogens is 5. The molecule has 7 heteroatoms. The van der Waals surface area contributed by atoms with E-state index in [-0.39, 0.29) is 17.7 Å². The molecule has 0 amide bonds. The lowest BCUT2D eigenvalue weighted by Gasteiger charge is -2.17. The van der Waals surface area contributed by atoms with Gasteiger partial charge in [-0.2, -0.15) is 13.2 Å². The Kier molecular flexibility index (Phi) is 6.71. The number of likely N-dealkylation sites (N-methyl/N-ethyl adjacent to an activating group) is 1. The fourth-order valence-electron chi connectivity index (χ4n) is 1.73. The lowest BCUT2D eigenvalue weighted by atomic mass is 10.0. The highest BCUT2D eigenvalue weighted by molar-refractivity contribution is 6.30. The van der Waals surface area contributed by atoms with Crippen LogP contribution in [-0.2, 0) is 11.2 Å². The van der Waals surface area contributed by atoms with Gasteiger partial charge in [-0.3, -0.25) is 0 Å². The van der Waals surface area contributed by atoms with Gasteiger partial charge < -0.3 is 10.1 Å². The van der Waals surface area contributed by atoms with Crippen LogP contribution in [0.5, 0.6) is 0 Å². The molecular formula is C13H16ClF4NO. The van der Waals surface area contributed by atoms with E-state index in [1.54, 1.807) is 19.2 Å². The summed E-state index contributed by atoms with van der Waals surface area (Å²) in [5, 5.41) is 2.96. The molecule has 0 aliphatic rings. The Balaban J connectivity index is 2.45. The molecule has 0 heterocycles. The van der Waals surface area contributed by atoms with E-state index in [2.05, 4.69) is 10.1 Å². The van der Waals surface area contributed by atoms with Crippen molar-refractivity contribution in [1.29, 1.82) is 0 Å². The SMILES string of the molecule is CNC(CCOCC(F)(F)F)Cc1cccc(Cl)c1F. The standard InChI is InChI=1S/C13H16ClF4NO/c1-19-10(5-6-20-8-13(16,17)18)7-9-3-2-4-11(14)12(9)15/h2-4,10,19H,5-8H2,1H3. The number of hydrogen-bond acceptors (Lipinski definition) is 2. The Morgan fingerprint density at radius 3 is 2.65 bits per heavy atom. The Hall–Kier alpha value is -0.850. The summed E-state index contributed by atoms with van der Waals surface area (Å²) in [5.41, 5.74) is 0.424. The second-order valence-corrected chi connectivity index (χ2v) is 4.77. The van der Waals surface area contributed by atoms with Crippen molar-refractivity contribution in [2.45, 2.75) is 25.1 Å². The number of benzene rings is 1. The summed E-state index contributed by atoms with van der Waals surface area (Å²) >= 11 is 5.67. The molecule has 0 bridgehead atoms. The van der Waals surface area contributed by atoms with Crippen LogP contribution in [0.4, 0.5) is 17.6 Å². The molecule has 0 saturated heterocycles. The van der Waals surface area contributed by atoms with Gasteiger partial charge in [-0.25, -0.2) is 4.39 Å². The van der Waals surface area contributed by atoms with E-state index in [0.29, 0.717) is 18.4 Å². The molecule has 0 aliphatic heterocycles. The molecule has 1 atom stereocenters.